The van der Waals surface area contributed by atoms with E-state index in [-0.39, 0.29) is 18.5 Å². The van der Waals surface area contributed by atoms with Crippen LogP contribution < -0.4 is 11.2 Å². The van der Waals surface area contributed by atoms with Crippen LogP contribution in [0.25, 0.3) is 0 Å². The molecule has 1 aliphatic heterocycles. The highest BCUT2D eigenvalue weighted by Crippen LogP contribution is 2.21. The summed E-state index contributed by atoms with van der Waals surface area (Å²) in [6.07, 6.45) is -0.142. The Bertz CT molecular complexity index is 297. The van der Waals surface area contributed by atoms with Gasteiger partial charge in [-0.15, -0.1) is 12.4 Å². The second-order valence-corrected chi connectivity index (χ2v) is 2.84. The molecular formula is C8H11BClNO2. The quantitative estimate of drug-likeness (QED) is 0.617. The number of hydrogen-bond donors (Lipinski definition) is 2. The van der Waals surface area contributed by atoms with Crippen LogP contribution in [0.15, 0.2) is 24.3 Å². The monoisotopic (exact) mass is 199 g/mol. The van der Waals surface area contributed by atoms with E-state index >= 15 is 0 Å². The van der Waals surface area contributed by atoms with E-state index in [9.17, 15) is 5.02 Å². The molecule has 2 rings (SSSR count). The van der Waals surface area contributed by atoms with E-state index in [4.69, 9.17) is 10.4 Å². The first kappa shape index (κ1) is 10.5. The molecular weight excluding hydrogens is 188 g/mol. The van der Waals surface area contributed by atoms with Crippen LogP contribution in [0.3, 0.4) is 0 Å². The second kappa shape index (κ2) is 4.11. The summed E-state index contributed by atoms with van der Waals surface area (Å²) in [5.41, 5.74) is 7.32. The Morgan fingerprint density at radius 1 is 1.46 bits per heavy atom. The molecule has 1 unspecified atom stereocenters. The van der Waals surface area contributed by atoms with Gasteiger partial charge in [0.15, 0.2) is 0 Å². The molecule has 0 radical (unpaired) electrons. The molecule has 3 nitrogen and oxygen atoms in total. The van der Waals surface area contributed by atoms with Crippen molar-refractivity contribution in [2.45, 2.75) is 6.10 Å². The number of nitrogens with two attached hydrogens (primary N) is 1. The van der Waals surface area contributed by atoms with Gasteiger partial charge in [0.1, 0.15) is 0 Å². The van der Waals surface area contributed by atoms with Crippen molar-refractivity contribution < 1.29 is 9.68 Å². The van der Waals surface area contributed by atoms with Gasteiger partial charge in [-0.25, -0.2) is 0 Å². The van der Waals surface area contributed by atoms with Gasteiger partial charge in [0.2, 0.25) is 0 Å². The summed E-state index contributed by atoms with van der Waals surface area (Å²) in [4.78, 5) is 0. The van der Waals surface area contributed by atoms with E-state index in [0.29, 0.717) is 6.54 Å². The molecule has 0 aliphatic carbocycles. The van der Waals surface area contributed by atoms with Gasteiger partial charge in [0.05, 0.1) is 6.10 Å². The number of hydrogen-bond acceptors (Lipinski definition) is 3. The Morgan fingerprint density at radius 3 is 2.85 bits per heavy atom. The second-order valence-electron chi connectivity index (χ2n) is 2.84. The molecule has 13 heavy (non-hydrogen) atoms. The van der Waals surface area contributed by atoms with Crippen molar-refractivity contribution in [1.82, 2.24) is 0 Å². The average Bonchev–Trinajstić information content (AvgIpc) is 2.44. The van der Waals surface area contributed by atoms with Crippen LogP contribution in [-0.2, 0) is 4.65 Å². The van der Waals surface area contributed by atoms with E-state index in [1.807, 2.05) is 24.3 Å². The lowest BCUT2D eigenvalue weighted by Crippen LogP contribution is -2.27. The highest BCUT2D eigenvalue weighted by atomic mass is 35.5. The fourth-order valence-electron chi connectivity index (χ4n) is 1.51. The zero-order valence-electron chi connectivity index (χ0n) is 7.01. The normalized spacial score (nSPS) is 19.5. The van der Waals surface area contributed by atoms with Crippen molar-refractivity contribution in [2.24, 2.45) is 5.73 Å². The fourth-order valence-corrected chi connectivity index (χ4v) is 1.51. The predicted molar refractivity (Wildman–Crippen MR) is 54.2 cm³/mol. The summed E-state index contributed by atoms with van der Waals surface area (Å²) in [6, 6.07) is 7.59. The molecule has 0 fully saturated rings. The Hall–Kier alpha value is -0.545. The molecule has 70 valence electrons. The number of fused-ring (bicyclic) bond motifs is 1. The van der Waals surface area contributed by atoms with Gasteiger partial charge in [-0.05, 0) is 11.0 Å². The Balaban J connectivity index is 0.000000845. The third kappa shape index (κ3) is 1.71. The third-order valence-electron chi connectivity index (χ3n) is 2.12. The molecule has 1 heterocycles. The van der Waals surface area contributed by atoms with Gasteiger partial charge in [-0.1, -0.05) is 24.3 Å². The molecule has 0 bridgehead atoms. The molecule has 0 saturated heterocycles. The van der Waals surface area contributed by atoms with Crippen molar-refractivity contribution in [2.75, 3.05) is 6.54 Å². The van der Waals surface area contributed by atoms with Gasteiger partial charge in [-0.2, -0.15) is 0 Å². The van der Waals surface area contributed by atoms with E-state index in [0.717, 1.165) is 11.0 Å². The van der Waals surface area contributed by atoms with Crippen LogP contribution in [0.1, 0.15) is 11.7 Å². The largest absolute Gasteiger partial charge is 0.492 e. The number of halogens is 1. The lowest BCUT2D eigenvalue weighted by molar-refractivity contribution is 0.198. The topological polar surface area (TPSA) is 55.5 Å². The van der Waals surface area contributed by atoms with Gasteiger partial charge < -0.3 is 15.4 Å². The lowest BCUT2D eigenvalue weighted by atomic mass is 9.79. The molecule has 0 spiro atoms. The van der Waals surface area contributed by atoms with Gasteiger partial charge in [0.25, 0.3) is 0 Å². The highest BCUT2D eigenvalue weighted by Gasteiger charge is 2.33. The highest BCUT2D eigenvalue weighted by molar-refractivity contribution is 6.61. The standard InChI is InChI=1S/C8H10BNO2.ClH/c10-5-8-6-3-1-2-4-7(6)9(11)12-8;/h1-4,8,11H,5,10H2;1H. The molecule has 1 atom stereocenters. The lowest BCUT2D eigenvalue weighted by Gasteiger charge is -2.07. The van der Waals surface area contributed by atoms with Gasteiger partial charge >= 0.3 is 7.12 Å². The van der Waals surface area contributed by atoms with E-state index in [1.54, 1.807) is 0 Å². The molecule has 1 aromatic rings. The van der Waals surface area contributed by atoms with Crippen molar-refractivity contribution in [3.63, 3.8) is 0 Å². The zero-order valence-corrected chi connectivity index (χ0v) is 7.83. The van der Waals surface area contributed by atoms with E-state index in [2.05, 4.69) is 0 Å². The first-order valence-electron chi connectivity index (χ1n) is 3.95. The Labute approximate surface area is 83.4 Å². The molecule has 3 N–H and O–H groups in total. The molecule has 5 heteroatoms. The van der Waals surface area contributed by atoms with Crippen molar-refractivity contribution in [3.8, 4) is 0 Å². The zero-order chi connectivity index (χ0) is 8.55. The molecule has 0 amide bonds. The van der Waals surface area contributed by atoms with Crippen LogP contribution in [0, 0.1) is 0 Å². The van der Waals surface area contributed by atoms with Crippen LogP contribution in [-0.4, -0.2) is 18.7 Å². The van der Waals surface area contributed by atoms with Gasteiger partial charge in [-0.3, -0.25) is 0 Å². The van der Waals surface area contributed by atoms with E-state index in [1.165, 1.54) is 0 Å². The summed E-state index contributed by atoms with van der Waals surface area (Å²) in [7, 11) is -0.797. The Kier molecular flexibility index (Phi) is 3.33. The van der Waals surface area contributed by atoms with Crippen molar-refractivity contribution in [3.05, 3.63) is 29.8 Å². The van der Waals surface area contributed by atoms with Crippen LogP contribution in [0.2, 0.25) is 0 Å². The minimum atomic E-state index is -0.797. The predicted octanol–water partition coefficient (Wildman–Crippen LogP) is -0.174. The maximum atomic E-state index is 9.41. The minimum Gasteiger partial charge on any atom is -0.423 e. The summed E-state index contributed by atoms with van der Waals surface area (Å²) < 4.78 is 5.21. The van der Waals surface area contributed by atoms with Crippen LogP contribution in [0.4, 0.5) is 0 Å². The van der Waals surface area contributed by atoms with Crippen LogP contribution in [0.5, 0.6) is 0 Å². The molecule has 1 aliphatic rings. The Morgan fingerprint density at radius 2 is 2.15 bits per heavy atom. The molecule has 0 aromatic heterocycles. The smallest absolute Gasteiger partial charge is 0.423 e. The maximum Gasteiger partial charge on any atom is 0.492 e. The van der Waals surface area contributed by atoms with E-state index < -0.39 is 7.12 Å². The van der Waals surface area contributed by atoms with Crippen molar-refractivity contribution in [1.29, 1.82) is 0 Å². The summed E-state index contributed by atoms with van der Waals surface area (Å²) in [5.74, 6) is 0. The SMILES string of the molecule is Cl.NCC1OB(O)c2ccccc21. The van der Waals surface area contributed by atoms with Crippen molar-refractivity contribution >= 4 is 25.0 Å². The minimum absolute atomic E-state index is 0. The number of benzene rings is 1. The molecule has 0 saturated carbocycles. The molecule has 1 aromatic carbocycles. The first-order valence-corrected chi connectivity index (χ1v) is 3.95. The summed E-state index contributed by atoms with van der Waals surface area (Å²) in [5, 5.41) is 9.41. The fraction of sp³-hybridized carbons (Fsp3) is 0.250. The van der Waals surface area contributed by atoms with Gasteiger partial charge in [0, 0.05) is 6.54 Å². The summed E-state index contributed by atoms with van der Waals surface area (Å²) in [6.45, 7) is 0.411. The first-order chi connectivity index (χ1) is 5.83. The van der Waals surface area contributed by atoms with Crippen LogP contribution >= 0.6 is 12.4 Å². The number of rotatable bonds is 1. The average molecular weight is 199 g/mol. The summed E-state index contributed by atoms with van der Waals surface area (Å²) >= 11 is 0. The third-order valence-corrected chi connectivity index (χ3v) is 2.12. The maximum absolute atomic E-state index is 9.41.